The number of nitrogens with two attached hydrogens (primary N) is 1. The summed E-state index contributed by atoms with van der Waals surface area (Å²) in [4.78, 5) is 4.12. The molecule has 0 saturated heterocycles. The van der Waals surface area contributed by atoms with Gasteiger partial charge in [0.25, 0.3) is 0 Å². The first-order valence-electron chi connectivity index (χ1n) is 5.98. The van der Waals surface area contributed by atoms with E-state index in [9.17, 15) is 0 Å². The molecule has 1 rings (SSSR count). The number of hydrogen-bond donors (Lipinski definition) is 2. The second kappa shape index (κ2) is 6.61. The quantitative estimate of drug-likeness (QED) is 0.772. The van der Waals surface area contributed by atoms with Gasteiger partial charge in [0.15, 0.2) is 0 Å². The predicted octanol–water partition coefficient (Wildman–Crippen LogP) is 1.96. The van der Waals surface area contributed by atoms with Gasteiger partial charge in [-0.05, 0) is 43.5 Å². The molecule has 90 valence electrons. The Labute approximate surface area is 98.5 Å². The van der Waals surface area contributed by atoms with Gasteiger partial charge in [0.1, 0.15) is 0 Å². The third-order valence-electron chi connectivity index (χ3n) is 3.12. The van der Waals surface area contributed by atoms with E-state index >= 15 is 0 Å². The van der Waals surface area contributed by atoms with Crippen LogP contribution in [0, 0.1) is 11.8 Å². The Kier molecular flexibility index (Phi) is 5.43. The van der Waals surface area contributed by atoms with Crippen molar-refractivity contribution in [3.05, 3.63) is 30.1 Å². The van der Waals surface area contributed by atoms with Crippen LogP contribution in [-0.2, 0) is 0 Å². The van der Waals surface area contributed by atoms with Crippen LogP contribution in [0.15, 0.2) is 24.5 Å². The Balaban J connectivity index is 2.43. The number of rotatable bonds is 6. The molecule has 0 aromatic carbocycles. The molecule has 16 heavy (non-hydrogen) atoms. The first-order valence-corrected chi connectivity index (χ1v) is 5.98. The minimum atomic E-state index is 0.335. The maximum Gasteiger partial charge on any atom is 0.0315 e. The van der Waals surface area contributed by atoms with E-state index in [0.717, 1.165) is 13.1 Å². The molecule has 2 unspecified atom stereocenters. The summed E-state index contributed by atoms with van der Waals surface area (Å²) in [5, 5.41) is 3.51. The SMILES string of the molecule is CC(NCC(CN)C(C)C)c1cccnc1. The highest BCUT2D eigenvalue weighted by atomic mass is 14.9. The molecule has 0 aliphatic heterocycles. The van der Waals surface area contributed by atoms with Crippen LogP contribution in [0.5, 0.6) is 0 Å². The highest BCUT2D eigenvalue weighted by molar-refractivity contribution is 5.12. The van der Waals surface area contributed by atoms with Crippen LogP contribution in [0.2, 0.25) is 0 Å². The molecule has 3 heteroatoms. The van der Waals surface area contributed by atoms with E-state index in [-0.39, 0.29) is 0 Å². The van der Waals surface area contributed by atoms with Crippen LogP contribution in [0.1, 0.15) is 32.4 Å². The fourth-order valence-corrected chi connectivity index (χ4v) is 1.67. The minimum Gasteiger partial charge on any atom is -0.330 e. The molecule has 3 N–H and O–H groups in total. The predicted molar refractivity (Wildman–Crippen MR) is 68.0 cm³/mol. The molecule has 2 atom stereocenters. The summed E-state index contributed by atoms with van der Waals surface area (Å²) in [6.45, 7) is 8.29. The number of nitrogens with zero attached hydrogens (tertiary/aromatic N) is 1. The van der Waals surface area contributed by atoms with Gasteiger partial charge in [0.2, 0.25) is 0 Å². The monoisotopic (exact) mass is 221 g/mol. The molecular formula is C13H23N3. The largest absolute Gasteiger partial charge is 0.330 e. The minimum absolute atomic E-state index is 0.335. The average molecular weight is 221 g/mol. The number of pyridine rings is 1. The second-order valence-corrected chi connectivity index (χ2v) is 4.66. The van der Waals surface area contributed by atoms with Gasteiger partial charge in [-0.1, -0.05) is 19.9 Å². The Morgan fingerprint density at radius 1 is 1.38 bits per heavy atom. The summed E-state index contributed by atoms with van der Waals surface area (Å²) in [5.41, 5.74) is 6.97. The molecule has 0 radical (unpaired) electrons. The highest BCUT2D eigenvalue weighted by Crippen LogP contribution is 2.13. The Hall–Kier alpha value is -0.930. The van der Waals surface area contributed by atoms with E-state index in [1.54, 1.807) is 6.20 Å². The van der Waals surface area contributed by atoms with Crippen LogP contribution in [0.3, 0.4) is 0 Å². The third-order valence-corrected chi connectivity index (χ3v) is 3.12. The molecule has 0 aliphatic rings. The summed E-state index contributed by atoms with van der Waals surface area (Å²) in [6.07, 6.45) is 3.71. The first-order chi connectivity index (χ1) is 7.65. The lowest BCUT2D eigenvalue weighted by Crippen LogP contribution is -2.33. The summed E-state index contributed by atoms with van der Waals surface area (Å²) >= 11 is 0. The second-order valence-electron chi connectivity index (χ2n) is 4.66. The standard InChI is InChI=1S/C13H23N3/c1-10(2)13(7-14)9-16-11(3)12-5-4-6-15-8-12/h4-6,8,10-11,13,16H,7,9,14H2,1-3H3. The van der Waals surface area contributed by atoms with Crippen LogP contribution < -0.4 is 11.1 Å². The molecule has 1 aromatic rings. The van der Waals surface area contributed by atoms with Gasteiger partial charge in [-0.25, -0.2) is 0 Å². The van der Waals surface area contributed by atoms with Crippen molar-refractivity contribution in [2.24, 2.45) is 17.6 Å². The molecule has 0 spiro atoms. The van der Waals surface area contributed by atoms with Crippen molar-refractivity contribution in [1.29, 1.82) is 0 Å². The molecule has 1 aromatic heterocycles. The van der Waals surface area contributed by atoms with Crippen molar-refractivity contribution in [3.63, 3.8) is 0 Å². The van der Waals surface area contributed by atoms with Gasteiger partial charge in [-0.2, -0.15) is 0 Å². The summed E-state index contributed by atoms with van der Waals surface area (Å²) in [6, 6.07) is 4.40. The summed E-state index contributed by atoms with van der Waals surface area (Å²) in [7, 11) is 0. The number of hydrogen-bond acceptors (Lipinski definition) is 3. The van der Waals surface area contributed by atoms with Gasteiger partial charge in [-0.3, -0.25) is 4.98 Å². The van der Waals surface area contributed by atoms with Crippen molar-refractivity contribution in [2.75, 3.05) is 13.1 Å². The zero-order valence-corrected chi connectivity index (χ0v) is 10.5. The van der Waals surface area contributed by atoms with Crippen molar-refractivity contribution in [3.8, 4) is 0 Å². The zero-order chi connectivity index (χ0) is 12.0. The lowest BCUT2D eigenvalue weighted by atomic mass is 9.95. The zero-order valence-electron chi connectivity index (χ0n) is 10.5. The molecule has 0 amide bonds. The Morgan fingerprint density at radius 3 is 2.62 bits per heavy atom. The van der Waals surface area contributed by atoms with Gasteiger partial charge < -0.3 is 11.1 Å². The fourth-order valence-electron chi connectivity index (χ4n) is 1.67. The topological polar surface area (TPSA) is 50.9 Å². The van der Waals surface area contributed by atoms with Crippen LogP contribution in [0.4, 0.5) is 0 Å². The van der Waals surface area contributed by atoms with Crippen LogP contribution >= 0.6 is 0 Å². The van der Waals surface area contributed by atoms with E-state index < -0.39 is 0 Å². The van der Waals surface area contributed by atoms with Gasteiger partial charge in [0.05, 0.1) is 0 Å². The maximum absolute atomic E-state index is 5.75. The number of aromatic nitrogens is 1. The number of nitrogens with one attached hydrogen (secondary N) is 1. The molecule has 0 bridgehead atoms. The van der Waals surface area contributed by atoms with Crippen molar-refractivity contribution in [2.45, 2.75) is 26.8 Å². The van der Waals surface area contributed by atoms with Gasteiger partial charge >= 0.3 is 0 Å². The maximum atomic E-state index is 5.75. The van der Waals surface area contributed by atoms with Crippen LogP contribution in [0.25, 0.3) is 0 Å². The van der Waals surface area contributed by atoms with E-state index in [4.69, 9.17) is 5.73 Å². The van der Waals surface area contributed by atoms with Gasteiger partial charge in [-0.15, -0.1) is 0 Å². The molecule has 0 saturated carbocycles. The third kappa shape index (κ3) is 3.91. The molecular weight excluding hydrogens is 198 g/mol. The summed E-state index contributed by atoms with van der Waals surface area (Å²) < 4.78 is 0. The van der Waals surface area contributed by atoms with Gasteiger partial charge in [0, 0.05) is 18.4 Å². The van der Waals surface area contributed by atoms with E-state index in [0.29, 0.717) is 17.9 Å². The van der Waals surface area contributed by atoms with Crippen molar-refractivity contribution >= 4 is 0 Å². The lowest BCUT2D eigenvalue weighted by Gasteiger charge is -2.22. The van der Waals surface area contributed by atoms with Crippen molar-refractivity contribution < 1.29 is 0 Å². The first kappa shape index (κ1) is 13.1. The summed E-state index contributed by atoms with van der Waals surface area (Å²) in [5.74, 6) is 1.16. The van der Waals surface area contributed by atoms with E-state index in [1.165, 1.54) is 5.56 Å². The van der Waals surface area contributed by atoms with E-state index in [2.05, 4.69) is 37.1 Å². The molecule has 0 aliphatic carbocycles. The molecule has 1 heterocycles. The molecule has 3 nitrogen and oxygen atoms in total. The van der Waals surface area contributed by atoms with Crippen LogP contribution in [-0.4, -0.2) is 18.1 Å². The Bertz CT molecular complexity index is 284. The van der Waals surface area contributed by atoms with Crippen molar-refractivity contribution in [1.82, 2.24) is 10.3 Å². The highest BCUT2D eigenvalue weighted by Gasteiger charge is 2.13. The van der Waals surface area contributed by atoms with E-state index in [1.807, 2.05) is 12.3 Å². The average Bonchev–Trinajstić information content (AvgIpc) is 2.30. The lowest BCUT2D eigenvalue weighted by molar-refractivity contribution is 0.356. The fraction of sp³-hybridized carbons (Fsp3) is 0.615. The Morgan fingerprint density at radius 2 is 2.12 bits per heavy atom. The smallest absolute Gasteiger partial charge is 0.0315 e. The molecule has 0 fully saturated rings. The normalized spacial score (nSPS) is 15.1.